The van der Waals surface area contributed by atoms with Crippen LogP contribution in [0.2, 0.25) is 0 Å². The number of aryl methyl sites for hydroxylation is 1. The lowest BCUT2D eigenvalue weighted by Crippen LogP contribution is -2.27. The molecule has 0 spiro atoms. The highest BCUT2D eigenvalue weighted by atomic mass is 79.9. The van der Waals surface area contributed by atoms with Crippen LogP contribution in [0.4, 0.5) is 0 Å². The largest absolute Gasteiger partial charge is 0.460 e. The van der Waals surface area contributed by atoms with Gasteiger partial charge in [0.1, 0.15) is 5.60 Å². The summed E-state index contributed by atoms with van der Waals surface area (Å²) in [6, 6.07) is 8.21. The Bertz CT molecular complexity index is 421. The number of hydrogen-bond acceptors (Lipinski definition) is 2. The van der Waals surface area contributed by atoms with E-state index in [1.165, 1.54) is 5.56 Å². The molecule has 0 heterocycles. The van der Waals surface area contributed by atoms with Crippen molar-refractivity contribution in [3.8, 4) is 0 Å². The Hall–Kier alpha value is -0.830. The van der Waals surface area contributed by atoms with Crippen molar-refractivity contribution >= 4 is 21.9 Å². The highest BCUT2D eigenvalue weighted by Gasteiger charge is 2.21. The molecular weight excluding hydrogens is 304 g/mol. The quantitative estimate of drug-likeness (QED) is 0.730. The van der Waals surface area contributed by atoms with Gasteiger partial charge in [0.15, 0.2) is 0 Å². The number of carbonyl (C=O) groups is 1. The summed E-state index contributed by atoms with van der Waals surface area (Å²) in [6.45, 7) is 7.64. The van der Waals surface area contributed by atoms with Crippen LogP contribution in [0.3, 0.4) is 0 Å². The summed E-state index contributed by atoms with van der Waals surface area (Å²) in [4.78, 5) is 11.8. The van der Waals surface area contributed by atoms with Crippen molar-refractivity contribution in [3.63, 3.8) is 0 Å². The zero-order valence-corrected chi connectivity index (χ0v) is 13.8. The normalized spacial score (nSPS) is 13.1. The van der Waals surface area contributed by atoms with Crippen molar-refractivity contribution in [3.05, 3.63) is 34.3 Å². The molecule has 0 aliphatic carbocycles. The molecule has 0 radical (unpaired) electrons. The third-order valence-electron chi connectivity index (χ3n) is 2.85. The summed E-state index contributed by atoms with van der Waals surface area (Å²) < 4.78 is 6.52. The Balaban J connectivity index is 2.37. The number of ether oxygens (including phenoxy) is 1. The van der Waals surface area contributed by atoms with Crippen LogP contribution in [0.5, 0.6) is 0 Å². The van der Waals surface area contributed by atoms with Crippen LogP contribution < -0.4 is 0 Å². The van der Waals surface area contributed by atoms with Crippen molar-refractivity contribution < 1.29 is 9.53 Å². The first-order chi connectivity index (χ1) is 8.79. The lowest BCUT2D eigenvalue weighted by atomic mass is 10.0. The van der Waals surface area contributed by atoms with Crippen LogP contribution in [0.1, 0.15) is 46.1 Å². The molecule has 0 aliphatic rings. The molecule has 0 saturated heterocycles. The Morgan fingerprint density at radius 2 is 1.95 bits per heavy atom. The maximum Gasteiger partial charge on any atom is 0.309 e. The van der Waals surface area contributed by atoms with Crippen LogP contribution in [-0.4, -0.2) is 11.6 Å². The minimum atomic E-state index is -0.395. The first-order valence-corrected chi connectivity index (χ1v) is 7.55. The van der Waals surface area contributed by atoms with Crippen molar-refractivity contribution in [1.29, 1.82) is 0 Å². The molecule has 19 heavy (non-hydrogen) atoms. The monoisotopic (exact) mass is 326 g/mol. The summed E-state index contributed by atoms with van der Waals surface area (Å²) >= 11 is 3.54. The summed E-state index contributed by atoms with van der Waals surface area (Å²) in [6.07, 6.45) is 2.83. The molecule has 1 rings (SSSR count). The lowest BCUT2D eigenvalue weighted by Gasteiger charge is -2.22. The zero-order valence-electron chi connectivity index (χ0n) is 12.2. The van der Waals surface area contributed by atoms with E-state index in [2.05, 4.69) is 22.0 Å². The molecule has 3 heteroatoms. The van der Waals surface area contributed by atoms with E-state index in [0.717, 1.165) is 23.7 Å². The maximum atomic E-state index is 11.8. The molecule has 0 N–H and O–H groups in total. The second-order valence-corrected chi connectivity index (χ2v) is 6.77. The first-order valence-electron chi connectivity index (χ1n) is 6.76. The van der Waals surface area contributed by atoms with Gasteiger partial charge in [0.25, 0.3) is 0 Å². The fourth-order valence-corrected chi connectivity index (χ4v) is 2.30. The van der Waals surface area contributed by atoms with Gasteiger partial charge in [-0.1, -0.05) is 41.1 Å². The van der Waals surface area contributed by atoms with E-state index in [4.69, 9.17) is 4.74 Å². The number of rotatable bonds is 5. The van der Waals surface area contributed by atoms with Gasteiger partial charge < -0.3 is 4.74 Å². The highest BCUT2D eigenvalue weighted by Crippen LogP contribution is 2.20. The van der Waals surface area contributed by atoms with Gasteiger partial charge in [0.05, 0.1) is 5.92 Å². The Labute approximate surface area is 124 Å². The molecule has 0 fully saturated rings. The molecule has 0 aliphatic heterocycles. The van der Waals surface area contributed by atoms with Crippen LogP contribution in [0.15, 0.2) is 28.7 Å². The Kier molecular flexibility index (Phi) is 6.05. The van der Waals surface area contributed by atoms with Crippen LogP contribution in [-0.2, 0) is 16.0 Å². The SMILES string of the molecule is CC(CCCc1ccccc1Br)C(=O)OC(C)(C)C. The van der Waals surface area contributed by atoms with Gasteiger partial charge >= 0.3 is 5.97 Å². The molecule has 0 aromatic heterocycles. The molecule has 106 valence electrons. The lowest BCUT2D eigenvalue weighted by molar-refractivity contribution is -0.159. The smallest absolute Gasteiger partial charge is 0.309 e. The van der Waals surface area contributed by atoms with Gasteiger partial charge in [0.2, 0.25) is 0 Å². The topological polar surface area (TPSA) is 26.3 Å². The van der Waals surface area contributed by atoms with E-state index in [1.807, 2.05) is 45.9 Å². The number of hydrogen-bond donors (Lipinski definition) is 0. The van der Waals surface area contributed by atoms with Crippen molar-refractivity contribution in [2.45, 2.75) is 52.6 Å². The van der Waals surface area contributed by atoms with Crippen molar-refractivity contribution in [1.82, 2.24) is 0 Å². The van der Waals surface area contributed by atoms with Crippen LogP contribution in [0.25, 0.3) is 0 Å². The first kappa shape index (κ1) is 16.2. The van der Waals surface area contributed by atoms with Crippen molar-refractivity contribution in [2.75, 3.05) is 0 Å². The van der Waals surface area contributed by atoms with Crippen molar-refractivity contribution in [2.24, 2.45) is 5.92 Å². The molecule has 1 aromatic rings. The van der Waals surface area contributed by atoms with Gasteiger partial charge in [-0.25, -0.2) is 0 Å². The molecular formula is C16H23BrO2. The Morgan fingerprint density at radius 1 is 1.32 bits per heavy atom. The zero-order chi connectivity index (χ0) is 14.5. The van der Waals surface area contributed by atoms with E-state index in [-0.39, 0.29) is 11.9 Å². The third kappa shape index (κ3) is 6.24. The third-order valence-corrected chi connectivity index (χ3v) is 3.62. The summed E-state index contributed by atoms with van der Waals surface area (Å²) in [7, 11) is 0. The second-order valence-electron chi connectivity index (χ2n) is 5.92. The second kappa shape index (κ2) is 7.09. The summed E-state index contributed by atoms with van der Waals surface area (Å²) in [5.74, 6) is -0.138. The van der Waals surface area contributed by atoms with Gasteiger partial charge in [0, 0.05) is 4.47 Å². The predicted molar refractivity (Wildman–Crippen MR) is 82.1 cm³/mol. The molecule has 1 unspecified atom stereocenters. The number of carbonyl (C=O) groups excluding carboxylic acids is 1. The number of benzene rings is 1. The van der Waals surface area contributed by atoms with Gasteiger partial charge in [-0.2, -0.15) is 0 Å². The number of halogens is 1. The van der Waals surface area contributed by atoms with E-state index in [0.29, 0.717) is 0 Å². The molecule has 0 saturated carbocycles. The highest BCUT2D eigenvalue weighted by molar-refractivity contribution is 9.10. The molecule has 1 atom stereocenters. The minimum absolute atomic E-state index is 0.0401. The fraction of sp³-hybridized carbons (Fsp3) is 0.562. The summed E-state index contributed by atoms with van der Waals surface area (Å²) in [5.41, 5.74) is 0.896. The van der Waals surface area contributed by atoms with E-state index in [1.54, 1.807) is 0 Å². The summed E-state index contributed by atoms with van der Waals surface area (Å²) in [5, 5.41) is 0. The Morgan fingerprint density at radius 3 is 2.53 bits per heavy atom. The maximum absolute atomic E-state index is 11.8. The molecule has 0 bridgehead atoms. The molecule has 2 nitrogen and oxygen atoms in total. The molecule has 1 aromatic carbocycles. The standard InChI is InChI=1S/C16H23BrO2/c1-12(15(18)19-16(2,3)4)8-7-10-13-9-5-6-11-14(13)17/h5-6,9,11-12H,7-8,10H2,1-4H3. The van der Waals surface area contributed by atoms with Gasteiger partial charge in [-0.15, -0.1) is 0 Å². The average Bonchev–Trinajstić information content (AvgIpc) is 2.29. The van der Waals surface area contributed by atoms with E-state index in [9.17, 15) is 4.79 Å². The number of esters is 1. The molecule has 0 amide bonds. The van der Waals surface area contributed by atoms with Gasteiger partial charge in [-0.3, -0.25) is 4.79 Å². The fourth-order valence-electron chi connectivity index (χ4n) is 1.82. The van der Waals surface area contributed by atoms with E-state index >= 15 is 0 Å². The van der Waals surface area contributed by atoms with E-state index < -0.39 is 5.60 Å². The average molecular weight is 327 g/mol. The predicted octanol–water partition coefficient (Wildman–Crippen LogP) is 4.75. The van der Waals surface area contributed by atoms with Gasteiger partial charge in [-0.05, 0) is 51.7 Å². The minimum Gasteiger partial charge on any atom is -0.460 e. The van der Waals surface area contributed by atoms with Crippen LogP contribution in [0, 0.1) is 5.92 Å². The van der Waals surface area contributed by atoms with Crippen LogP contribution >= 0.6 is 15.9 Å².